The Kier molecular flexibility index (Phi) is 6.46. The molecule has 0 fully saturated rings. The Morgan fingerprint density at radius 1 is 1.10 bits per heavy atom. The van der Waals surface area contributed by atoms with Gasteiger partial charge in [0.2, 0.25) is 0 Å². The average molecular weight is 410 g/mol. The zero-order valence-corrected chi connectivity index (χ0v) is 16.7. The van der Waals surface area contributed by atoms with Crippen molar-refractivity contribution < 1.29 is 19.1 Å². The van der Waals surface area contributed by atoms with E-state index in [2.05, 4.69) is 4.98 Å². The first kappa shape index (κ1) is 21.0. The zero-order chi connectivity index (χ0) is 21.7. The van der Waals surface area contributed by atoms with Crippen molar-refractivity contribution in [2.75, 3.05) is 6.61 Å². The number of ether oxygens (including phenoxy) is 2. The van der Waals surface area contributed by atoms with Gasteiger partial charge in [-0.25, -0.2) is 9.59 Å². The first-order valence-electron chi connectivity index (χ1n) is 9.53. The largest absolute Gasteiger partial charge is 0.479 e. The molecule has 1 heterocycles. The van der Waals surface area contributed by atoms with E-state index in [4.69, 9.17) is 9.47 Å². The van der Waals surface area contributed by atoms with Crippen LogP contribution in [-0.4, -0.2) is 34.0 Å². The molecule has 0 saturated heterocycles. The number of nitrogens with zero attached hydrogens (tertiary/aromatic N) is 1. The summed E-state index contributed by atoms with van der Waals surface area (Å²) >= 11 is 0. The molecule has 1 N–H and O–H groups in total. The van der Waals surface area contributed by atoms with Crippen LogP contribution in [0.2, 0.25) is 0 Å². The third-order valence-electron chi connectivity index (χ3n) is 4.55. The van der Waals surface area contributed by atoms with Crippen LogP contribution in [0.3, 0.4) is 0 Å². The van der Waals surface area contributed by atoms with Gasteiger partial charge in [0.15, 0.2) is 11.9 Å². The highest BCUT2D eigenvalue weighted by Crippen LogP contribution is 2.16. The zero-order valence-electron chi connectivity index (χ0n) is 16.7. The monoisotopic (exact) mass is 410 g/mol. The highest BCUT2D eigenvalue weighted by Gasteiger charge is 2.17. The lowest BCUT2D eigenvalue weighted by Crippen LogP contribution is -2.35. The molecule has 0 aliphatic carbocycles. The van der Waals surface area contributed by atoms with Gasteiger partial charge < -0.3 is 14.5 Å². The summed E-state index contributed by atoms with van der Waals surface area (Å²) in [5, 5.41) is 0.420. The van der Waals surface area contributed by atoms with Gasteiger partial charge >= 0.3 is 11.7 Å². The lowest BCUT2D eigenvalue weighted by atomic mass is 10.1. The standard InChI is InChI=1S/C22H22N2O6/c1-14(25)16-7-5-8-17(13-16)30-15(2)21(27)29-12-6-11-24-20(26)18-9-3-4-10-19(18)23-22(24)28/h3-5,7-10,13,15H,6,11-12H2,1-2H3,(H,23,28). The molecule has 0 radical (unpaired) electrons. The second-order valence-electron chi connectivity index (χ2n) is 6.80. The Labute approximate surface area is 172 Å². The number of benzene rings is 2. The summed E-state index contributed by atoms with van der Waals surface area (Å²) in [5.74, 6) is -0.293. The molecule has 0 bridgehead atoms. The van der Waals surface area contributed by atoms with Crippen LogP contribution in [0.5, 0.6) is 5.75 Å². The van der Waals surface area contributed by atoms with E-state index < -0.39 is 17.8 Å². The molecule has 8 nitrogen and oxygen atoms in total. The number of nitrogens with one attached hydrogen (secondary N) is 1. The molecule has 156 valence electrons. The minimum absolute atomic E-state index is 0.0265. The molecule has 3 aromatic rings. The quantitative estimate of drug-likeness (QED) is 0.347. The van der Waals surface area contributed by atoms with Crippen molar-refractivity contribution in [1.29, 1.82) is 0 Å². The Morgan fingerprint density at radius 3 is 2.63 bits per heavy atom. The number of aromatic amines is 1. The molecule has 0 spiro atoms. The summed E-state index contributed by atoms with van der Waals surface area (Å²) < 4.78 is 11.8. The molecule has 1 aromatic heterocycles. The molecule has 30 heavy (non-hydrogen) atoms. The molecule has 3 rings (SSSR count). The first-order valence-corrected chi connectivity index (χ1v) is 9.53. The Hall–Kier alpha value is -3.68. The van der Waals surface area contributed by atoms with E-state index in [1.807, 2.05) is 0 Å². The smallest absolute Gasteiger partial charge is 0.347 e. The number of hydrogen-bond donors (Lipinski definition) is 1. The number of carbonyl (C=O) groups excluding carboxylic acids is 2. The summed E-state index contributed by atoms with van der Waals surface area (Å²) in [4.78, 5) is 50.8. The van der Waals surface area contributed by atoms with Gasteiger partial charge in [0.1, 0.15) is 5.75 Å². The molecule has 0 aliphatic rings. The number of para-hydroxylation sites is 1. The molecular weight excluding hydrogens is 388 g/mol. The molecule has 0 amide bonds. The maximum Gasteiger partial charge on any atom is 0.347 e. The van der Waals surface area contributed by atoms with Crippen LogP contribution in [0.25, 0.3) is 10.9 Å². The van der Waals surface area contributed by atoms with Crippen LogP contribution in [0.4, 0.5) is 0 Å². The van der Waals surface area contributed by atoms with Crippen molar-refractivity contribution in [3.63, 3.8) is 0 Å². The van der Waals surface area contributed by atoms with E-state index >= 15 is 0 Å². The highest BCUT2D eigenvalue weighted by molar-refractivity contribution is 5.94. The van der Waals surface area contributed by atoms with Crippen molar-refractivity contribution in [3.8, 4) is 5.75 Å². The molecule has 1 unspecified atom stereocenters. The second-order valence-corrected chi connectivity index (χ2v) is 6.80. The summed E-state index contributed by atoms with van der Waals surface area (Å²) in [7, 11) is 0. The minimum atomic E-state index is -0.876. The maximum absolute atomic E-state index is 12.5. The normalized spacial score (nSPS) is 11.8. The molecule has 0 aliphatic heterocycles. The van der Waals surface area contributed by atoms with E-state index in [-0.39, 0.29) is 24.5 Å². The summed E-state index contributed by atoms with van der Waals surface area (Å²) in [6.07, 6.45) is -0.585. The Balaban J connectivity index is 1.54. The third-order valence-corrected chi connectivity index (χ3v) is 4.55. The predicted molar refractivity (Wildman–Crippen MR) is 111 cm³/mol. The molecule has 0 saturated carbocycles. The van der Waals surface area contributed by atoms with Crippen LogP contribution in [0.1, 0.15) is 30.6 Å². The number of hydrogen-bond acceptors (Lipinski definition) is 6. The third kappa shape index (κ3) is 4.83. The van der Waals surface area contributed by atoms with Crippen molar-refractivity contribution >= 4 is 22.7 Å². The topological polar surface area (TPSA) is 107 Å². The van der Waals surface area contributed by atoms with Crippen molar-refractivity contribution in [2.24, 2.45) is 0 Å². The number of Topliss-reactive ketones (excluding diaryl/α,β-unsaturated/α-hetero) is 1. The van der Waals surface area contributed by atoms with E-state index in [0.29, 0.717) is 28.6 Å². The molecular formula is C22H22N2O6. The number of rotatable bonds is 8. The SMILES string of the molecule is CC(=O)c1cccc(OC(C)C(=O)OCCCn2c(=O)[nH]c3ccccc3c2=O)c1. The predicted octanol–water partition coefficient (Wildman–Crippen LogP) is 2.29. The first-order chi connectivity index (χ1) is 14.4. The molecule has 8 heteroatoms. The van der Waals surface area contributed by atoms with Gasteiger partial charge in [0, 0.05) is 12.1 Å². The number of aromatic nitrogens is 2. The van der Waals surface area contributed by atoms with E-state index in [1.165, 1.54) is 6.92 Å². The highest BCUT2D eigenvalue weighted by atomic mass is 16.6. The van der Waals surface area contributed by atoms with Gasteiger partial charge in [-0.2, -0.15) is 0 Å². The van der Waals surface area contributed by atoms with E-state index in [0.717, 1.165) is 4.57 Å². The fraction of sp³-hybridized carbons (Fsp3) is 0.273. The number of esters is 1. The van der Waals surface area contributed by atoms with Crippen LogP contribution < -0.4 is 16.0 Å². The minimum Gasteiger partial charge on any atom is -0.479 e. The number of fused-ring (bicyclic) bond motifs is 1. The van der Waals surface area contributed by atoms with Crippen LogP contribution in [-0.2, 0) is 16.1 Å². The van der Waals surface area contributed by atoms with Gasteiger partial charge in [-0.3, -0.25) is 14.2 Å². The van der Waals surface area contributed by atoms with Gasteiger partial charge in [-0.1, -0.05) is 24.3 Å². The molecule has 2 aromatic carbocycles. The summed E-state index contributed by atoms with van der Waals surface area (Å²) in [6, 6.07) is 13.3. The Morgan fingerprint density at radius 2 is 1.87 bits per heavy atom. The van der Waals surface area contributed by atoms with Gasteiger partial charge in [0.05, 0.1) is 17.5 Å². The van der Waals surface area contributed by atoms with Crippen molar-refractivity contribution in [1.82, 2.24) is 9.55 Å². The van der Waals surface area contributed by atoms with Crippen LogP contribution in [0, 0.1) is 0 Å². The fourth-order valence-electron chi connectivity index (χ4n) is 2.96. The van der Waals surface area contributed by atoms with E-state index in [9.17, 15) is 19.2 Å². The number of ketones is 1. The summed E-state index contributed by atoms with van der Waals surface area (Å²) in [6.45, 7) is 3.13. The number of H-pyrrole nitrogens is 1. The second kappa shape index (κ2) is 9.21. The summed E-state index contributed by atoms with van der Waals surface area (Å²) in [5.41, 5.74) is 0.0731. The van der Waals surface area contributed by atoms with Gasteiger partial charge in [-0.05, 0) is 44.5 Å². The average Bonchev–Trinajstić information content (AvgIpc) is 2.73. The van der Waals surface area contributed by atoms with Gasteiger partial charge in [-0.15, -0.1) is 0 Å². The Bertz CT molecular complexity index is 1190. The van der Waals surface area contributed by atoms with E-state index in [1.54, 1.807) is 55.5 Å². The van der Waals surface area contributed by atoms with Crippen LogP contribution in [0.15, 0.2) is 58.1 Å². The van der Waals surface area contributed by atoms with Crippen molar-refractivity contribution in [3.05, 3.63) is 74.9 Å². The number of carbonyl (C=O) groups is 2. The van der Waals surface area contributed by atoms with Crippen molar-refractivity contribution in [2.45, 2.75) is 32.9 Å². The lowest BCUT2D eigenvalue weighted by molar-refractivity contribution is -0.151. The lowest BCUT2D eigenvalue weighted by Gasteiger charge is -2.14. The maximum atomic E-state index is 12.5. The van der Waals surface area contributed by atoms with Gasteiger partial charge in [0.25, 0.3) is 5.56 Å². The fourth-order valence-corrected chi connectivity index (χ4v) is 2.96. The molecule has 1 atom stereocenters. The van der Waals surface area contributed by atoms with Crippen LogP contribution >= 0.6 is 0 Å².